The lowest BCUT2D eigenvalue weighted by atomic mass is 9.99. The molecule has 0 aliphatic heterocycles. The van der Waals surface area contributed by atoms with Gasteiger partial charge in [-0.2, -0.15) is 0 Å². The van der Waals surface area contributed by atoms with E-state index < -0.39 is 0 Å². The molecule has 0 aromatic heterocycles. The zero-order chi connectivity index (χ0) is 11.8. The van der Waals surface area contributed by atoms with E-state index in [1.165, 1.54) is 0 Å². The summed E-state index contributed by atoms with van der Waals surface area (Å²) in [5, 5.41) is 0. The summed E-state index contributed by atoms with van der Waals surface area (Å²) >= 11 is 0. The van der Waals surface area contributed by atoms with E-state index in [4.69, 9.17) is 9.47 Å². The number of hydrogen-bond donors (Lipinski definition) is 0. The molecule has 0 saturated carbocycles. The monoisotopic (exact) mass is 222 g/mol. The lowest BCUT2D eigenvalue weighted by Crippen LogP contribution is -2.15. The summed E-state index contributed by atoms with van der Waals surface area (Å²) in [5.41, 5.74) is 0. The molecule has 1 aromatic rings. The maximum absolute atomic E-state index is 5.55. The SMILES string of the molecule is CC(C)C(C)COCCOc1ccccc1. The first-order valence-corrected chi connectivity index (χ1v) is 5.95. The van der Waals surface area contributed by atoms with Crippen molar-refractivity contribution in [2.24, 2.45) is 11.8 Å². The van der Waals surface area contributed by atoms with Gasteiger partial charge in [-0.15, -0.1) is 0 Å². The first-order chi connectivity index (χ1) is 7.70. The molecule has 90 valence electrons. The van der Waals surface area contributed by atoms with Crippen LogP contribution < -0.4 is 4.74 Å². The molecule has 1 aromatic carbocycles. The topological polar surface area (TPSA) is 18.5 Å². The maximum Gasteiger partial charge on any atom is 0.119 e. The van der Waals surface area contributed by atoms with Crippen LogP contribution >= 0.6 is 0 Å². The molecular weight excluding hydrogens is 200 g/mol. The molecule has 0 fully saturated rings. The van der Waals surface area contributed by atoms with E-state index in [1.807, 2.05) is 30.3 Å². The van der Waals surface area contributed by atoms with Crippen LogP contribution in [0.4, 0.5) is 0 Å². The molecule has 1 atom stereocenters. The van der Waals surface area contributed by atoms with Crippen LogP contribution in [0.5, 0.6) is 5.75 Å². The molecule has 0 saturated heterocycles. The minimum Gasteiger partial charge on any atom is -0.491 e. The molecule has 0 N–H and O–H groups in total. The summed E-state index contributed by atoms with van der Waals surface area (Å²) < 4.78 is 11.1. The lowest BCUT2D eigenvalue weighted by Gasteiger charge is -2.15. The van der Waals surface area contributed by atoms with Gasteiger partial charge in [0.25, 0.3) is 0 Å². The van der Waals surface area contributed by atoms with Crippen LogP contribution in [0.15, 0.2) is 30.3 Å². The largest absolute Gasteiger partial charge is 0.491 e. The Hall–Kier alpha value is -1.02. The van der Waals surface area contributed by atoms with Gasteiger partial charge in [-0.25, -0.2) is 0 Å². The minimum atomic E-state index is 0.608. The first-order valence-electron chi connectivity index (χ1n) is 5.95. The van der Waals surface area contributed by atoms with Gasteiger partial charge in [0.15, 0.2) is 0 Å². The van der Waals surface area contributed by atoms with Crippen LogP contribution in [0.25, 0.3) is 0 Å². The second kappa shape index (κ2) is 7.29. The fourth-order valence-corrected chi connectivity index (χ4v) is 1.20. The summed E-state index contributed by atoms with van der Waals surface area (Å²) in [6.07, 6.45) is 0. The molecule has 0 heterocycles. The summed E-state index contributed by atoms with van der Waals surface area (Å²) in [5.74, 6) is 2.19. The van der Waals surface area contributed by atoms with Gasteiger partial charge < -0.3 is 9.47 Å². The van der Waals surface area contributed by atoms with E-state index in [0.717, 1.165) is 12.4 Å². The van der Waals surface area contributed by atoms with Gasteiger partial charge in [-0.05, 0) is 24.0 Å². The highest BCUT2D eigenvalue weighted by Crippen LogP contribution is 2.10. The zero-order valence-electron chi connectivity index (χ0n) is 10.5. The molecule has 0 aliphatic rings. The van der Waals surface area contributed by atoms with Crippen molar-refractivity contribution in [2.75, 3.05) is 19.8 Å². The van der Waals surface area contributed by atoms with Crippen molar-refractivity contribution in [3.8, 4) is 5.75 Å². The third-order valence-corrected chi connectivity index (χ3v) is 2.76. The highest BCUT2D eigenvalue weighted by atomic mass is 16.5. The van der Waals surface area contributed by atoms with Crippen LogP contribution in [0.3, 0.4) is 0 Å². The van der Waals surface area contributed by atoms with Gasteiger partial charge in [0, 0.05) is 6.61 Å². The van der Waals surface area contributed by atoms with Crippen LogP contribution in [0.1, 0.15) is 20.8 Å². The number of hydrogen-bond acceptors (Lipinski definition) is 2. The molecule has 0 bridgehead atoms. The summed E-state index contributed by atoms with van der Waals surface area (Å²) in [7, 11) is 0. The average Bonchev–Trinajstić information content (AvgIpc) is 2.29. The van der Waals surface area contributed by atoms with Gasteiger partial charge >= 0.3 is 0 Å². The Balaban J connectivity index is 2.04. The minimum absolute atomic E-state index is 0.608. The lowest BCUT2D eigenvalue weighted by molar-refractivity contribution is 0.0668. The fraction of sp³-hybridized carbons (Fsp3) is 0.571. The van der Waals surface area contributed by atoms with Crippen LogP contribution in [-0.2, 0) is 4.74 Å². The molecule has 0 amide bonds. The Labute approximate surface area is 98.6 Å². The molecule has 0 aliphatic carbocycles. The highest BCUT2D eigenvalue weighted by Gasteiger charge is 2.06. The summed E-state index contributed by atoms with van der Waals surface area (Å²) in [6.45, 7) is 8.74. The Bertz CT molecular complexity index is 269. The number of ether oxygens (including phenoxy) is 2. The summed E-state index contributed by atoms with van der Waals surface area (Å²) in [4.78, 5) is 0. The van der Waals surface area contributed by atoms with E-state index >= 15 is 0 Å². The van der Waals surface area contributed by atoms with Crippen molar-refractivity contribution < 1.29 is 9.47 Å². The van der Waals surface area contributed by atoms with Crippen molar-refractivity contribution in [2.45, 2.75) is 20.8 Å². The van der Waals surface area contributed by atoms with E-state index in [2.05, 4.69) is 20.8 Å². The van der Waals surface area contributed by atoms with E-state index in [9.17, 15) is 0 Å². The molecule has 2 heteroatoms. The second-order valence-electron chi connectivity index (χ2n) is 4.46. The molecule has 1 unspecified atom stereocenters. The van der Waals surface area contributed by atoms with Crippen molar-refractivity contribution >= 4 is 0 Å². The molecule has 0 spiro atoms. The zero-order valence-corrected chi connectivity index (χ0v) is 10.5. The fourth-order valence-electron chi connectivity index (χ4n) is 1.20. The van der Waals surface area contributed by atoms with Crippen molar-refractivity contribution in [3.63, 3.8) is 0 Å². The smallest absolute Gasteiger partial charge is 0.119 e. The predicted molar refractivity (Wildman–Crippen MR) is 66.8 cm³/mol. The number of benzene rings is 1. The molecule has 2 nitrogen and oxygen atoms in total. The molecule has 0 radical (unpaired) electrons. The first kappa shape index (κ1) is 13.0. The molecule has 16 heavy (non-hydrogen) atoms. The third-order valence-electron chi connectivity index (χ3n) is 2.76. The van der Waals surface area contributed by atoms with Crippen molar-refractivity contribution in [1.29, 1.82) is 0 Å². The average molecular weight is 222 g/mol. The Kier molecular flexibility index (Phi) is 5.94. The third kappa shape index (κ3) is 5.17. The van der Waals surface area contributed by atoms with Crippen molar-refractivity contribution in [1.82, 2.24) is 0 Å². The van der Waals surface area contributed by atoms with Crippen LogP contribution in [-0.4, -0.2) is 19.8 Å². The van der Waals surface area contributed by atoms with Gasteiger partial charge in [-0.1, -0.05) is 39.0 Å². The molecular formula is C14H22O2. The second-order valence-corrected chi connectivity index (χ2v) is 4.46. The van der Waals surface area contributed by atoms with Crippen molar-refractivity contribution in [3.05, 3.63) is 30.3 Å². The predicted octanol–water partition coefficient (Wildman–Crippen LogP) is 3.37. The van der Waals surface area contributed by atoms with Crippen LogP contribution in [0.2, 0.25) is 0 Å². The number of para-hydroxylation sites is 1. The summed E-state index contributed by atoms with van der Waals surface area (Å²) in [6, 6.07) is 9.83. The Morgan fingerprint density at radius 1 is 1.00 bits per heavy atom. The van der Waals surface area contributed by atoms with Gasteiger partial charge in [0.1, 0.15) is 12.4 Å². The normalized spacial score (nSPS) is 12.8. The maximum atomic E-state index is 5.55. The van der Waals surface area contributed by atoms with Gasteiger partial charge in [-0.3, -0.25) is 0 Å². The quantitative estimate of drug-likeness (QED) is 0.658. The van der Waals surface area contributed by atoms with Gasteiger partial charge in [0.2, 0.25) is 0 Å². The van der Waals surface area contributed by atoms with E-state index in [0.29, 0.717) is 25.0 Å². The Morgan fingerprint density at radius 2 is 1.69 bits per heavy atom. The highest BCUT2D eigenvalue weighted by molar-refractivity contribution is 5.20. The van der Waals surface area contributed by atoms with Crippen LogP contribution in [0, 0.1) is 11.8 Å². The van der Waals surface area contributed by atoms with E-state index in [1.54, 1.807) is 0 Å². The van der Waals surface area contributed by atoms with E-state index in [-0.39, 0.29) is 0 Å². The standard InChI is InChI=1S/C14H22O2/c1-12(2)13(3)11-15-9-10-16-14-7-5-4-6-8-14/h4-8,12-13H,9-11H2,1-3H3. The number of rotatable bonds is 7. The molecule has 1 rings (SSSR count). The Morgan fingerprint density at radius 3 is 2.31 bits per heavy atom. The van der Waals surface area contributed by atoms with Gasteiger partial charge in [0.05, 0.1) is 6.61 Å².